The van der Waals surface area contributed by atoms with Gasteiger partial charge in [0.2, 0.25) is 0 Å². The third-order valence-electron chi connectivity index (χ3n) is 3.75. The Balaban J connectivity index is 1.92. The van der Waals surface area contributed by atoms with E-state index in [1.165, 1.54) is 0 Å². The first-order valence-electron chi connectivity index (χ1n) is 7.66. The van der Waals surface area contributed by atoms with Crippen molar-refractivity contribution in [1.29, 1.82) is 0 Å². The molecule has 3 aromatic rings. The van der Waals surface area contributed by atoms with Gasteiger partial charge in [-0.15, -0.1) is 0 Å². The van der Waals surface area contributed by atoms with Crippen molar-refractivity contribution < 1.29 is 4.79 Å². The zero-order chi connectivity index (χ0) is 17.1. The van der Waals surface area contributed by atoms with Gasteiger partial charge < -0.3 is 5.32 Å². The average Bonchev–Trinajstić information content (AvgIpc) is 3.02. The van der Waals surface area contributed by atoms with Crippen molar-refractivity contribution in [2.45, 2.75) is 20.3 Å². The van der Waals surface area contributed by atoms with Gasteiger partial charge in [0.25, 0.3) is 5.91 Å². The number of halogens is 1. The lowest BCUT2D eigenvalue weighted by molar-refractivity contribution is 0.102. The summed E-state index contributed by atoms with van der Waals surface area (Å²) in [5.74, 6) is 0.535. The van der Waals surface area contributed by atoms with Gasteiger partial charge in [-0.1, -0.05) is 28.9 Å². The maximum Gasteiger partial charge on any atom is 0.259 e. The van der Waals surface area contributed by atoms with Crippen LogP contribution >= 0.6 is 15.9 Å². The number of rotatable bonds is 4. The van der Waals surface area contributed by atoms with Gasteiger partial charge in [-0.05, 0) is 49.2 Å². The Hall–Kier alpha value is -2.47. The van der Waals surface area contributed by atoms with Crippen LogP contribution in [0.4, 0.5) is 5.69 Å². The molecule has 0 spiro atoms. The number of carbonyl (C=O) groups excluding carboxylic acids is 1. The maximum atomic E-state index is 12.7. The van der Waals surface area contributed by atoms with E-state index in [0.29, 0.717) is 17.8 Å². The van der Waals surface area contributed by atoms with Crippen LogP contribution in [0.5, 0.6) is 0 Å². The number of hydrogen-bond donors (Lipinski definition) is 1. The van der Waals surface area contributed by atoms with Crippen LogP contribution in [-0.4, -0.2) is 20.7 Å². The number of pyridine rings is 1. The van der Waals surface area contributed by atoms with Crippen LogP contribution in [0.2, 0.25) is 0 Å². The van der Waals surface area contributed by atoms with E-state index in [2.05, 4.69) is 31.3 Å². The molecular formula is C18H17BrN4O. The normalized spacial score (nSPS) is 10.6. The van der Waals surface area contributed by atoms with Crippen LogP contribution in [0.1, 0.15) is 28.5 Å². The second-order valence-electron chi connectivity index (χ2n) is 5.37. The molecule has 2 heterocycles. The molecule has 2 aromatic heterocycles. The minimum absolute atomic E-state index is 0.167. The van der Waals surface area contributed by atoms with Crippen LogP contribution in [0.3, 0.4) is 0 Å². The molecule has 3 rings (SSSR count). The van der Waals surface area contributed by atoms with E-state index in [0.717, 1.165) is 21.4 Å². The Morgan fingerprint density at radius 3 is 2.79 bits per heavy atom. The van der Waals surface area contributed by atoms with Crippen LogP contribution in [-0.2, 0) is 6.42 Å². The first-order valence-corrected chi connectivity index (χ1v) is 8.45. The van der Waals surface area contributed by atoms with Crippen LogP contribution in [0.15, 0.2) is 53.3 Å². The second-order valence-corrected chi connectivity index (χ2v) is 6.29. The predicted octanol–water partition coefficient (Wildman–Crippen LogP) is 4.15. The maximum absolute atomic E-state index is 12.7. The van der Waals surface area contributed by atoms with Crippen molar-refractivity contribution in [2.75, 3.05) is 5.32 Å². The number of nitrogens with zero attached hydrogens (tertiary/aromatic N) is 3. The van der Waals surface area contributed by atoms with Crippen molar-refractivity contribution in [3.05, 3.63) is 70.1 Å². The standard InChI is InChI=1S/C18H17BrN4O/c1-3-16-14(11-21-23(16)17-6-4-5-9-20-17)18(24)22-15-8-7-13(19)10-12(15)2/h4-11H,3H2,1-2H3,(H,22,24). The van der Waals surface area contributed by atoms with Gasteiger partial charge in [0, 0.05) is 16.4 Å². The third-order valence-corrected chi connectivity index (χ3v) is 4.24. The number of amides is 1. The molecule has 1 N–H and O–H groups in total. The Bertz CT molecular complexity index is 874. The smallest absolute Gasteiger partial charge is 0.259 e. The van der Waals surface area contributed by atoms with Crippen molar-refractivity contribution in [1.82, 2.24) is 14.8 Å². The largest absolute Gasteiger partial charge is 0.322 e. The number of nitrogens with one attached hydrogen (secondary N) is 1. The van der Waals surface area contributed by atoms with Gasteiger partial charge in [0.05, 0.1) is 17.5 Å². The molecule has 0 aliphatic carbocycles. The summed E-state index contributed by atoms with van der Waals surface area (Å²) in [6.45, 7) is 3.95. The number of aromatic nitrogens is 3. The van der Waals surface area contributed by atoms with E-state index in [9.17, 15) is 4.79 Å². The fourth-order valence-corrected chi connectivity index (χ4v) is 3.01. The molecule has 0 fully saturated rings. The minimum atomic E-state index is -0.167. The lowest BCUT2D eigenvalue weighted by Gasteiger charge is -2.10. The zero-order valence-electron chi connectivity index (χ0n) is 13.5. The van der Waals surface area contributed by atoms with Gasteiger partial charge in [0.15, 0.2) is 5.82 Å². The van der Waals surface area contributed by atoms with E-state index < -0.39 is 0 Å². The molecule has 0 bridgehead atoms. The molecule has 0 aliphatic heterocycles. The van der Waals surface area contributed by atoms with Gasteiger partial charge in [0.1, 0.15) is 0 Å². The van der Waals surface area contributed by atoms with Gasteiger partial charge in [-0.3, -0.25) is 4.79 Å². The Morgan fingerprint density at radius 2 is 2.12 bits per heavy atom. The summed E-state index contributed by atoms with van der Waals surface area (Å²) in [4.78, 5) is 17.0. The number of hydrogen-bond acceptors (Lipinski definition) is 3. The summed E-state index contributed by atoms with van der Waals surface area (Å²) in [5.41, 5.74) is 3.18. The Kier molecular flexibility index (Phi) is 4.76. The van der Waals surface area contributed by atoms with E-state index in [1.807, 2.05) is 50.2 Å². The van der Waals surface area contributed by atoms with E-state index >= 15 is 0 Å². The highest BCUT2D eigenvalue weighted by atomic mass is 79.9. The summed E-state index contributed by atoms with van der Waals surface area (Å²) >= 11 is 3.43. The highest BCUT2D eigenvalue weighted by Gasteiger charge is 2.18. The first-order chi connectivity index (χ1) is 11.6. The highest BCUT2D eigenvalue weighted by Crippen LogP contribution is 2.22. The summed E-state index contributed by atoms with van der Waals surface area (Å²) in [7, 11) is 0. The molecule has 0 saturated heterocycles. The quantitative estimate of drug-likeness (QED) is 0.734. The molecule has 0 aliphatic rings. The summed E-state index contributed by atoms with van der Waals surface area (Å²) in [6.07, 6.45) is 3.98. The SMILES string of the molecule is CCc1c(C(=O)Nc2ccc(Br)cc2C)cnn1-c1ccccn1. The van der Waals surface area contributed by atoms with Gasteiger partial charge in [-0.25, -0.2) is 9.67 Å². The molecule has 0 atom stereocenters. The zero-order valence-corrected chi connectivity index (χ0v) is 15.0. The van der Waals surface area contributed by atoms with Crippen LogP contribution in [0, 0.1) is 6.92 Å². The topological polar surface area (TPSA) is 59.8 Å². The van der Waals surface area contributed by atoms with Crippen molar-refractivity contribution in [3.8, 4) is 5.82 Å². The minimum Gasteiger partial charge on any atom is -0.322 e. The molecule has 24 heavy (non-hydrogen) atoms. The number of anilines is 1. The second kappa shape index (κ2) is 6.97. The van der Waals surface area contributed by atoms with Gasteiger partial charge in [-0.2, -0.15) is 5.10 Å². The molecule has 1 amide bonds. The summed E-state index contributed by atoms with van der Waals surface area (Å²) < 4.78 is 2.69. The molecular weight excluding hydrogens is 368 g/mol. The van der Waals surface area contributed by atoms with Crippen molar-refractivity contribution >= 4 is 27.5 Å². The van der Waals surface area contributed by atoms with E-state index in [1.54, 1.807) is 17.1 Å². The lowest BCUT2D eigenvalue weighted by Crippen LogP contribution is -2.15. The summed E-state index contributed by atoms with van der Waals surface area (Å²) in [6, 6.07) is 11.4. The van der Waals surface area contributed by atoms with E-state index in [-0.39, 0.29) is 5.91 Å². The molecule has 0 unspecified atom stereocenters. The molecule has 6 heteroatoms. The summed E-state index contributed by atoms with van der Waals surface area (Å²) in [5, 5.41) is 7.30. The molecule has 122 valence electrons. The number of aryl methyl sites for hydroxylation is 1. The van der Waals surface area contributed by atoms with Crippen LogP contribution < -0.4 is 5.32 Å². The van der Waals surface area contributed by atoms with Crippen molar-refractivity contribution in [2.24, 2.45) is 0 Å². The number of benzene rings is 1. The first kappa shape index (κ1) is 16.4. The molecule has 0 radical (unpaired) electrons. The average molecular weight is 385 g/mol. The fourth-order valence-electron chi connectivity index (χ4n) is 2.54. The Labute approximate surface area is 148 Å². The molecule has 5 nitrogen and oxygen atoms in total. The van der Waals surface area contributed by atoms with Crippen molar-refractivity contribution in [3.63, 3.8) is 0 Å². The Morgan fingerprint density at radius 1 is 1.29 bits per heavy atom. The predicted molar refractivity (Wildman–Crippen MR) is 97.6 cm³/mol. The molecule has 0 saturated carbocycles. The highest BCUT2D eigenvalue weighted by molar-refractivity contribution is 9.10. The third kappa shape index (κ3) is 3.23. The fraction of sp³-hybridized carbons (Fsp3) is 0.167. The number of carbonyl (C=O) groups is 1. The monoisotopic (exact) mass is 384 g/mol. The van der Waals surface area contributed by atoms with E-state index in [4.69, 9.17) is 0 Å². The van der Waals surface area contributed by atoms with Crippen LogP contribution in [0.25, 0.3) is 5.82 Å². The van der Waals surface area contributed by atoms with Gasteiger partial charge >= 0.3 is 0 Å². The molecule has 1 aromatic carbocycles. The lowest BCUT2D eigenvalue weighted by atomic mass is 10.1.